The van der Waals surface area contributed by atoms with Crippen molar-refractivity contribution in [3.05, 3.63) is 24.0 Å². The van der Waals surface area contributed by atoms with Crippen molar-refractivity contribution < 1.29 is 19.5 Å². The second-order valence-corrected chi connectivity index (χ2v) is 5.23. The lowest BCUT2D eigenvalue weighted by Crippen LogP contribution is -2.27. The second-order valence-electron chi connectivity index (χ2n) is 5.23. The molecule has 6 nitrogen and oxygen atoms in total. The molecule has 2 aromatic rings. The van der Waals surface area contributed by atoms with Gasteiger partial charge in [-0.1, -0.05) is 11.2 Å². The Kier molecular flexibility index (Phi) is 3.55. The van der Waals surface area contributed by atoms with Crippen molar-refractivity contribution in [3.63, 3.8) is 0 Å². The quantitative estimate of drug-likeness (QED) is 0.900. The lowest BCUT2D eigenvalue weighted by Gasteiger charge is -2.24. The van der Waals surface area contributed by atoms with E-state index in [2.05, 4.69) is 10.1 Å². The van der Waals surface area contributed by atoms with Crippen LogP contribution < -0.4 is 0 Å². The Labute approximate surface area is 122 Å². The Morgan fingerprint density at radius 2 is 1.90 bits per heavy atom. The first kappa shape index (κ1) is 13.9. The van der Waals surface area contributed by atoms with Crippen molar-refractivity contribution in [2.75, 3.05) is 6.61 Å². The van der Waals surface area contributed by atoms with Crippen LogP contribution in [-0.2, 0) is 10.3 Å². The van der Waals surface area contributed by atoms with E-state index in [1.807, 2.05) is 6.92 Å². The van der Waals surface area contributed by atoms with Crippen LogP contribution >= 0.6 is 0 Å². The summed E-state index contributed by atoms with van der Waals surface area (Å²) in [5.74, 6) is 0.398. The summed E-state index contributed by atoms with van der Waals surface area (Å²) in [6.07, 6.45) is 3.83. The first-order valence-electron chi connectivity index (χ1n) is 7.16. The molecule has 0 bridgehead atoms. The zero-order valence-corrected chi connectivity index (χ0v) is 11.9. The van der Waals surface area contributed by atoms with Gasteiger partial charge < -0.3 is 19.5 Å². The first-order valence-corrected chi connectivity index (χ1v) is 7.16. The van der Waals surface area contributed by atoms with Gasteiger partial charge in [0.1, 0.15) is 22.7 Å². The summed E-state index contributed by atoms with van der Waals surface area (Å²) in [6.45, 7) is 2.52. The van der Waals surface area contributed by atoms with Gasteiger partial charge in [-0.2, -0.15) is 4.98 Å². The molecule has 0 aliphatic heterocycles. The lowest BCUT2D eigenvalue weighted by atomic mass is 10.0. The number of aromatic hydroxyl groups is 2. The monoisotopic (exact) mass is 290 g/mol. The molecule has 0 spiro atoms. The van der Waals surface area contributed by atoms with E-state index in [0.29, 0.717) is 12.4 Å². The fraction of sp³-hybridized carbons (Fsp3) is 0.467. The summed E-state index contributed by atoms with van der Waals surface area (Å²) in [5.41, 5.74) is -0.350. The van der Waals surface area contributed by atoms with E-state index in [4.69, 9.17) is 9.26 Å². The normalized spacial score (nSPS) is 17.2. The van der Waals surface area contributed by atoms with Gasteiger partial charge in [0.25, 0.3) is 5.89 Å². The van der Waals surface area contributed by atoms with Crippen LogP contribution in [0.3, 0.4) is 0 Å². The van der Waals surface area contributed by atoms with Crippen LogP contribution in [0.25, 0.3) is 11.5 Å². The van der Waals surface area contributed by atoms with Crippen molar-refractivity contribution in [2.24, 2.45) is 0 Å². The molecule has 1 saturated carbocycles. The number of ether oxygens (including phenoxy) is 1. The van der Waals surface area contributed by atoms with Crippen molar-refractivity contribution in [1.29, 1.82) is 0 Å². The minimum atomic E-state index is -0.503. The molecule has 1 aromatic heterocycles. The molecular formula is C15H18N2O4. The van der Waals surface area contributed by atoms with Crippen LogP contribution in [0.5, 0.6) is 11.5 Å². The van der Waals surface area contributed by atoms with Gasteiger partial charge in [0.05, 0.1) is 0 Å². The third kappa shape index (κ3) is 2.35. The van der Waals surface area contributed by atoms with Crippen LogP contribution in [0.4, 0.5) is 0 Å². The van der Waals surface area contributed by atoms with Crippen LogP contribution in [0.15, 0.2) is 22.7 Å². The number of phenolic OH excluding ortho intramolecular Hbond substituents is 2. The molecule has 1 heterocycles. The average Bonchev–Trinajstić information content (AvgIpc) is 3.09. The van der Waals surface area contributed by atoms with Gasteiger partial charge in [-0.05, 0) is 44.7 Å². The fourth-order valence-electron chi connectivity index (χ4n) is 2.91. The molecule has 1 aliphatic rings. The summed E-state index contributed by atoms with van der Waals surface area (Å²) in [4.78, 5) is 4.35. The topological polar surface area (TPSA) is 88.6 Å². The van der Waals surface area contributed by atoms with Crippen LogP contribution in [0, 0.1) is 0 Å². The van der Waals surface area contributed by atoms with Crippen molar-refractivity contribution in [1.82, 2.24) is 10.1 Å². The predicted molar refractivity (Wildman–Crippen MR) is 74.8 cm³/mol. The molecule has 1 fully saturated rings. The van der Waals surface area contributed by atoms with Crippen molar-refractivity contribution in [3.8, 4) is 23.0 Å². The Balaban J connectivity index is 2.00. The third-order valence-electron chi connectivity index (χ3n) is 3.90. The molecule has 0 radical (unpaired) electrons. The summed E-state index contributed by atoms with van der Waals surface area (Å²) in [6, 6.07) is 4.48. The minimum Gasteiger partial charge on any atom is -0.507 e. The fourth-order valence-corrected chi connectivity index (χ4v) is 2.91. The van der Waals surface area contributed by atoms with Crippen LogP contribution in [-0.4, -0.2) is 27.0 Å². The number of hydrogen-bond donors (Lipinski definition) is 2. The molecule has 6 heteroatoms. The number of aromatic nitrogens is 2. The van der Waals surface area contributed by atoms with Crippen LogP contribution in [0.2, 0.25) is 0 Å². The maximum Gasteiger partial charge on any atom is 0.265 e. The molecule has 1 aliphatic carbocycles. The Morgan fingerprint density at radius 1 is 1.24 bits per heavy atom. The third-order valence-corrected chi connectivity index (χ3v) is 3.90. The van der Waals surface area contributed by atoms with Gasteiger partial charge in [0.2, 0.25) is 5.82 Å². The molecule has 1 aromatic carbocycles. The molecule has 3 rings (SSSR count). The predicted octanol–water partition coefficient (Wildman–Crippen LogP) is 2.95. The zero-order valence-electron chi connectivity index (χ0n) is 11.9. The second kappa shape index (κ2) is 5.37. The van der Waals surface area contributed by atoms with Gasteiger partial charge in [0, 0.05) is 6.61 Å². The van der Waals surface area contributed by atoms with E-state index in [1.165, 1.54) is 12.1 Å². The van der Waals surface area contributed by atoms with Gasteiger partial charge in [0.15, 0.2) is 0 Å². The van der Waals surface area contributed by atoms with Gasteiger partial charge in [-0.3, -0.25) is 0 Å². The highest BCUT2D eigenvalue weighted by Crippen LogP contribution is 2.42. The van der Waals surface area contributed by atoms with Crippen LogP contribution in [0.1, 0.15) is 38.4 Å². The summed E-state index contributed by atoms with van der Waals surface area (Å²) >= 11 is 0. The van der Waals surface area contributed by atoms with E-state index in [-0.39, 0.29) is 23.0 Å². The first-order chi connectivity index (χ1) is 10.2. The highest BCUT2D eigenvalue weighted by Gasteiger charge is 2.41. The van der Waals surface area contributed by atoms with E-state index in [1.54, 1.807) is 6.07 Å². The molecule has 112 valence electrons. The van der Waals surface area contributed by atoms with E-state index in [0.717, 1.165) is 25.7 Å². The standard InChI is InChI=1S/C15H18N2O4/c1-2-20-15(8-3-4-9-15)14-16-13(21-17-14)12-10(18)6-5-7-11(12)19/h5-7,18-19H,2-4,8-9H2,1H3. The number of phenols is 2. The van der Waals surface area contributed by atoms with Crippen molar-refractivity contribution >= 4 is 0 Å². The maximum atomic E-state index is 9.87. The van der Waals surface area contributed by atoms with Gasteiger partial charge >= 0.3 is 0 Å². The summed E-state index contributed by atoms with van der Waals surface area (Å²) < 4.78 is 11.1. The molecule has 21 heavy (non-hydrogen) atoms. The number of rotatable bonds is 4. The van der Waals surface area contributed by atoms with E-state index in [9.17, 15) is 10.2 Å². The number of nitrogens with zero attached hydrogens (tertiary/aromatic N) is 2. The molecule has 2 N–H and O–H groups in total. The maximum absolute atomic E-state index is 9.87. The lowest BCUT2D eigenvalue weighted by molar-refractivity contribution is -0.0469. The number of hydrogen-bond acceptors (Lipinski definition) is 6. The smallest absolute Gasteiger partial charge is 0.265 e. The number of benzene rings is 1. The molecular weight excluding hydrogens is 272 g/mol. The SMILES string of the molecule is CCOC1(c2noc(-c3c(O)cccc3O)n2)CCCC1. The van der Waals surface area contributed by atoms with E-state index >= 15 is 0 Å². The molecule has 0 saturated heterocycles. The zero-order chi connectivity index (χ0) is 14.9. The largest absolute Gasteiger partial charge is 0.507 e. The summed E-state index contributed by atoms with van der Waals surface area (Å²) in [7, 11) is 0. The molecule has 0 amide bonds. The van der Waals surface area contributed by atoms with Gasteiger partial charge in [-0.25, -0.2) is 0 Å². The Morgan fingerprint density at radius 3 is 2.52 bits per heavy atom. The van der Waals surface area contributed by atoms with E-state index < -0.39 is 5.60 Å². The molecule has 0 atom stereocenters. The molecule has 0 unspecified atom stereocenters. The highest BCUT2D eigenvalue weighted by atomic mass is 16.5. The summed E-state index contributed by atoms with van der Waals surface area (Å²) in [5, 5.41) is 23.8. The Hall–Kier alpha value is -2.08. The highest BCUT2D eigenvalue weighted by molar-refractivity contribution is 5.69. The minimum absolute atomic E-state index is 0.0953. The van der Waals surface area contributed by atoms with Crippen molar-refractivity contribution in [2.45, 2.75) is 38.2 Å². The Bertz CT molecular complexity index is 612. The van der Waals surface area contributed by atoms with Gasteiger partial charge in [-0.15, -0.1) is 0 Å². The average molecular weight is 290 g/mol.